The van der Waals surface area contributed by atoms with E-state index in [0.717, 1.165) is 29.0 Å². The van der Waals surface area contributed by atoms with Gasteiger partial charge in [-0.15, -0.1) is 0 Å². The van der Waals surface area contributed by atoms with Gasteiger partial charge in [0.25, 0.3) is 11.6 Å². The molecule has 0 radical (unpaired) electrons. The second kappa shape index (κ2) is 11.5. The van der Waals surface area contributed by atoms with E-state index in [9.17, 15) is 25.0 Å². The Morgan fingerprint density at radius 2 is 1.76 bits per heavy atom. The molecule has 0 aliphatic heterocycles. The normalized spacial score (nSPS) is 10.9. The Balaban J connectivity index is 1.59. The van der Waals surface area contributed by atoms with E-state index in [1.54, 1.807) is 31.2 Å². The third-order valence-corrected chi connectivity index (χ3v) is 5.90. The highest BCUT2D eigenvalue weighted by Gasteiger charge is 2.23. The van der Waals surface area contributed by atoms with E-state index in [1.165, 1.54) is 6.21 Å². The number of halogens is 1. The first kappa shape index (κ1) is 26.2. The van der Waals surface area contributed by atoms with Crippen molar-refractivity contribution in [2.45, 2.75) is 6.92 Å². The number of hydrogen-bond acceptors (Lipinski definition) is 8. The van der Waals surface area contributed by atoms with Crippen molar-refractivity contribution < 1.29 is 24.1 Å². The number of amides is 1. The van der Waals surface area contributed by atoms with Crippen LogP contribution in [-0.4, -0.2) is 28.6 Å². The summed E-state index contributed by atoms with van der Waals surface area (Å²) in [6, 6.07) is 19.2. The summed E-state index contributed by atoms with van der Waals surface area (Å²) < 4.78 is 11.8. The number of hydrazone groups is 1. The average Bonchev–Trinajstić information content (AvgIpc) is 2.90. The Morgan fingerprint density at radius 3 is 2.50 bits per heavy atom. The lowest BCUT2D eigenvalue weighted by Crippen LogP contribution is -2.17. The summed E-state index contributed by atoms with van der Waals surface area (Å²) in [5.74, 6) is -0.226. The number of nitro groups is 2. The number of nitrogens with one attached hydrogen (secondary N) is 1. The van der Waals surface area contributed by atoms with Crippen LogP contribution in [0.15, 0.2) is 82.4 Å². The van der Waals surface area contributed by atoms with Crippen LogP contribution in [0.25, 0.3) is 10.8 Å². The van der Waals surface area contributed by atoms with Crippen molar-refractivity contribution in [3.8, 4) is 17.2 Å². The number of fused-ring (bicyclic) bond motifs is 1. The fourth-order valence-electron chi connectivity index (χ4n) is 3.63. The van der Waals surface area contributed by atoms with E-state index >= 15 is 0 Å². The molecule has 4 rings (SSSR count). The van der Waals surface area contributed by atoms with Crippen molar-refractivity contribution >= 4 is 50.2 Å². The SMILES string of the molecule is CCOc1cc(/C=N\NC(=O)c2cccc3ccccc23)cc(Br)c1Oc1ccc([N+](=O)[O-])cc1[N+](=O)[O-]. The minimum Gasteiger partial charge on any atom is -0.490 e. The van der Waals surface area contributed by atoms with E-state index in [2.05, 4.69) is 26.5 Å². The minimum absolute atomic E-state index is 0.126. The van der Waals surface area contributed by atoms with Gasteiger partial charge in [-0.2, -0.15) is 5.10 Å². The summed E-state index contributed by atoms with van der Waals surface area (Å²) in [7, 11) is 0. The summed E-state index contributed by atoms with van der Waals surface area (Å²) in [6.45, 7) is 2.00. The number of hydrogen-bond donors (Lipinski definition) is 1. The fourth-order valence-corrected chi connectivity index (χ4v) is 4.17. The molecule has 12 heteroatoms. The van der Waals surface area contributed by atoms with Crippen LogP contribution in [0.3, 0.4) is 0 Å². The molecule has 0 aromatic heterocycles. The van der Waals surface area contributed by atoms with Crippen molar-refractivity contribution in [1.29, 1.82) is 0 Å². The van der Waals surface area contributed by atoms with Gasteiger partial charge in [0.15, 0.2) is 11.5 Å². The largest absolute Gasteiger partial charge is 0.490 e. The number of nitrogens with zero attached hydrogens (tertiary/aromatic N) is 3. The monoisotopic (exact) mass is 578 g/mol. The predicted molar refractivity (Wildman–Crippen MR) is 144 cm³/mol. The molecule has 0 spiro atoms. The van der Waals surface area contributed by atoms with Gasteiger partial charge in [-0.3, -0.25) is 25.0 Å². The highest BCUT2D eigenvalue weighted by molar-refractivity contribution is 9.10. The Labute approximate surface area is 224 Å². The number of carbonyl (C=O) groups is 1. The van der Waals surface area contributed by atoms with Crippen molar-refractivity contribution in [3.63, 3.8) is 0 Å². The predicted octanol–water partition coefficient (Wildman–Crippen LogP) is 6.37. The molecule has 0 bridgehead atoms. The van der Waals surface area contributed by atoms with E-state index in [0.29, 0.717) is 15.6 Å². The Kier molecular flexibility index (Phi) is 7.92. The number of benzene rings is 4. The molecular weight excluding hydrogens is 560 g/mol. The molecule has 0 aliphatic rings. The highest BCUT2D eigenvalue weighted by Crippen LogP contribution is 2.42. The van der Waals surface area contributed by atoms with Gasteiger partial charge in [0, 0.05) is 11.6 Å². The molecule has 0 saturated heterocycles. The van der Waals surface area contributed by atoms with Gasteiger partial charge in [-0.1, -0.05) is 36.4 Å². The molecule has 1 N–H and O–H groups in total. The molecule has 0 atom stereocenters. The first-order chi connectivity index (χ1) is 18.3. The first-order valence-electron chi connectivity index (χ1n) is 11.2. The summed E-state index contributed by atoms with van der Waals surface area (Å²) in [5, 5.41) is 28.3. The van der Waals surface area contributed by atoms with Gasteiger partial charge in [-0.05, 0) is 63.5 Å². The molecule has 0 fully saturated rings. The highest BCUT2D eigenvalue weighted by atomic mass is 79.9. The van der Waals surface area contributed by atoms with Crippen LogP contribution < -0.4 is 14.9 Å². The molecule has 11 nitrogen and oxygen atoms in total. The lowest BCUT2D eigenvalue weighted by Gasteiger charge is -2.14. The topological polar surface area (TPSA) is 146 Å². The van der Waals surface area contributed by atoms with E-state index in [4.69, 9.17) is 9.47 Å². The van der Waals surface area contributed by atoms with Gasteiger partial charge >= 0.3 is 5.69 Å². The van der Waals surface area contributed by atoms with Crippen molar-refractivity contribution in [2.75, 3.05) is 6.61 Å². The number of nitro benzene ring substituents is 2. The number of non-ortho nitro benzene ring substituents is 1. The van der Waals surface area contributed by atoms with Crippen LogP contribution in [0.5, 0.6) is 17.2 Å². The Morgan fingerprint density at radius 1 is 1.00 bits per heavy atom. The zero-order chi connectivity index (χ0) is 27.2. The first-order valence-corrected chi connectivity index (χ1v) is 12.0. The quantitative estimate of drug-likeness (QED) is 0.138. The van der Waals surface area contributed by atoms with E-state index in [1.807, 2.05) is 30.3 Å². The molecule has 4 aromatic carbocycles. The number of rotatable bonds is 9. The zero-order valence-electron chi connectivity index (χ0n) is 19.8. The molecule has 38 heavy (non-hydrogen) atoms. The van der Waals surface area contributed by atoms with Crippen molar-refractivity contribution in [2.24, 2.45) is 5.10 Å². The lowest BCUT2D eigenvalue weighted by atomic mass is 10.0. The van der Waals surface area contributed by atoms with Crippen molar-refractivity contribution in [1.82, 2.24) is 5.43 Å². The lowest BCUT2D eigenvalue weighted by molar-refractivity contribution is -0.394. The smallest absolute Gasteiger partial charge is 0.318 e. The van der Waals surface area contributed by atoms with Gasteiger partial charge in [0.05, 0.1) is 33.2 Å². The molecule has 0 unspecified atom stereocenters. The fraction of sp³-hybridized carbons (Fsp3) is 0.0769. The van der Waals surface area contributed by atoms with Gasteiger partial charge in [0.2, 0.25) is 5.75 Å². The maximum Gasteiger partial charge on any atom is 0.318 e. The molecule has 4 aromatic rings. The maximum absolute atomic E-state index is 12.7. The number of carbonyl (C=O) groups excluding carboxylic acids is 1. The molecule has 0 heterocycles. The summed E-state index contributed by atoms with van der Waals surface area (Å²) in [4.78, 5) is 33.7. The third kappa shape index (κ3) is 5.76. The van der Waals surface area contributed by atoms with E-state index in [-0.39, 0.29) is 29.8 Å². The molecule has 0 saturated carbocycles. The number of ether oxygens (including phenoxy) is 2. The van der Waals surface area contributed by atoms with Crippen LogP contribution in [0.2, 0.25) is 0 Å². The maximum atomic E-state index is 12.7. The average molecular weight is 579 g/mol. The standard InChI is InChI=1S/C26H19BrN4O7/c1-2-37-24-13-16(15-28-29-26(32)20-9-5-7-17-6-3-4-8-19(17)20)12-21(27)25(24)38-23-11-10-18(30(33)34)14-22(23)31(35)36/h3-15H,2H2,1H3,(H,29,32)/b28-15-. The Hall–Kier alpha value is -4.84. The van der Waals surface area contributed by atoms with Gasteiger partial charge in [0.1, 0.15) is 0 Å². The second-order valence-electron chi connectivity index (χ2n) is 7.76. The van der Waals surface area contributed by atoms with Crippen molar-refractivity contribution in [3.05, 3.63) is 109 Å². The molecule has 1 amide bonds. The van der Waals surface area contributed by atoms with Crippen LogP contribution >= 0.6 is 15.9 Å². The molecular formula is C26H19BrN4O7. The van der Waals surface area contributed by atoms with Gasteiger partial charge < -0.3 is 9.47 Å². The van der Waals surface area contributed by atoms with E-state index < -0.39 is 21.2 Å². The summed E-state index contributed by atoms with van der Waals surface area (Å²) in [5.41, 5.74) is 2.51. The third-order valence-electron chi connectivity index (χ3n) is 5.31. The summed E-state index contributed by atoms with van der Waals surface area (Å²) in [6.07, 6.45) is 1.41. The molecule has 0 aliphatic carbocycles. The van der Waals surface area contributed by atoms with Crippen LogP contribution in [0.1, 0.15) is 22.8 Å². The van der Waals surface area contributed by atoms with Gasteiger partial charge in [-0.25, -0.2) is 5.43 Å². The van der Waals surface area contributed by atoms with Crippen LogP contribution in [-0.2, 0) is 0 Å². The zero-order valence-corrected chi connectivity index (χ0v) is 21.4. The molecule has 192 valence electrons. The van der Waals surface area contributed by atoms with Crippen LogP contribution in [0.4, 0.5) is 11.4 Å². The van der Waals surface area contributed by atoms with Crippen LogP contribution in [0, 0.1) is 20.2 Å². The summed E-state index contributed by atoms with van der Waals surface area (Å²) >= 11 is 3.38. The Bertz CT molecular complexity index is 1580. The minimum atomic E-state index is -0.768. The second-order valence-corrected chi connectivity index (χ2v) is 8.61.